The van der Waals surface area contributed by atoms with Gasteiger partial charge in [-0.1, -0.05) is 45.0 Å². The summed E-state index contributed by atoms with van der Waals surface area (Å²) in [4.78, 5) is 33.1. The van der Waals surface area contributed by atoms with Crippen molar-refractivity contribution in [2.24, 2.45) is 4.99 Å². The first-order valence-corrected chi connectivity index (χ1v) is 11.8. The van der Waals surface area contributed by atoms with E-state index in [2.05, 4.69) is 60.3 Å². The molecule has 1 aromatic carbocycles. The zero-order valence-electron chi connectivity index (χ0n) is 19.5. The van der Waals surface area contributed by atoms with Gasteiger partial charge in [0.1, 0.15) is 0 Å². The summed E-state index contributed by atoms with van der Waals surface area (Å²) in [5.41, 5.74) is 3.88. The first-order valence-electron chi connectivity index (χ1n) is 10.9. The van der Waals surface area contributed by atoms with Crippen molar-refractivity contribution in [1.29, 1.82) is 0 Å². The fraction of sp³-hybridized carbons (Fsp3) is 0.360. The van der Waals surface area contributed by atoms with Gasteiger partial charge >= 0.3 is 0 Å². The first kappa shape index (κ1) is 24.5. The molecule has 3 rings (SSSR count). The van der Waals surface area contributed by atoms with Crippen LogP contribution in [0.15, 0.2) is 53.0 Å². The number of aromatic nitrogens is 2. The third-order valence-corrected chi connectivity index (χ3v) is 6.11. The predicted octanol–water partition coefficient (Wildman–Crippen LogP) is 3.67. The van der Waals surface area contributed by atoms with Crippen molar-refractivity contribution in [3.8, 4) is 11.3 Å². The molecule has 33 heavy (non-hydrogen) atoms. The van der Waals surface area contributed by atoms with Crippen LogP contribution in [0.1, 0.15) is 55.7 Å². The molecule has 3 aromatic rings. The van der Waals surface area contributed by atoms with Gasteiger partial charge in [-0.15, -0.1) is 11.3 Å². The highest BCUT2D eigenvalue weighted by Crippen LogP contribution is 2.26. The number of benzene rings is 1. The zero-order valence-corrected chi connectivity index (χ0v) is 20.3. The van der Waals surface area contributed by atoms with Crippen molar-refractivity contribution in [2.75, 3.05) is 6.54 Å². The molecule has 0 saturated carbocycles. The van der Waals surface area contributed by atoms with Gasteiger partial charge in [-0.2, -0.15) is 4.99 Å². The monoisotopic (exact) mass is 466 g/mol. The minimum atomic E-state index is -0.445. The SMILES string of the molecule is CC(=O)NCCCn1c(-c2ccc(C(C)(C)C)cc2)csc1=NC(=O)c1cccnc1CO. The molecule has 2 aromatic heterocycles. The molecule has 0 unspecified atom stereocenters. The lowest BCUT2D eigenvalue weighted by molar-refractivity contribution is -0.118. The number of aliphatic hydroxyl groups excluding tert-OH is 1. The molecule has 2 N–H and O–H groups in total. The van der Waals surface area contributed by atoms with E-state index >= 15 is 0 Å². The lowest BCUT2D eigenvalue weighted by Crippen LogP contribution is -2.24. The van der Waals surface area contributed by atoms with Crippen molar-refractivity contribution in [3.05, 3.63) is 69.6 Å². The van der Waals surface area contributed by atoms with Crippen molar-refractivity contribution < 1.29 is 14.7 Å². The summed E-state index contributed by atoms with van der Waals surface area (Å²) in [6.07, 6.45) is 2.23. The molecule has 0 spiro atoms. The minimum Gasteiger partial charge on any atom is -0.390 e. The summed E-state index contributed by atoms with van der Waals surface area (Å²) in [7, 11) is 0. The Bertz CT molecular complexity index is 1190. The lowest BCUT2D eigenvalue weighted by atomic mass is 9.86. The normalized spacial score (nSPS) is 12.1. The van der Waals surface area contributed by atoms with Crippen LogP contribution in [0.3, 0.4) is 0 Å². The lowest BCUT2D eigenvalue weighted by Gasteiger charge is -2.19. The molecule has 0 saturated heterocycles. The average molecular weight is 467 g/mol. The predicted molar refractivity (Wildman–Crippen MR) is 130 cm³/mol. The summed E-state index contributed by atoms with van der Waals surface area (Å²) >= 11 is 1.39. The number of nitrogens with one attached hydrogen (secondary N) is 1. The Hall–Kier alpha value is -3.10. The Morgan fingerprint density at radius 3 is 2.55 bits per heavy atom. The average Bonchev–Trinajstić information content (AvgIpc) is 3.18. The van der Waals surface area contributed by atoms with Crippen LogP contribution in [0.25, 0.3) is 11.3 Å². The molecule has 2 amide bonds. The Morgan fingerprint density at radius 1 is 1.18 bits per heavy atom. The zero-order chi connectivity index (χ0) is 24.0. The van der Waals surface area contributed by atoms with Crippen LogP contribution < -0.4 is 10.1 Å². The maximum atomic E-state index is 12.9. The summed E-state index contributed by atoms with van der Waals surface area (Å²) in [5.74, 6) is -0.518. The van der Waals surface area contributed by atoms with Gasteiger partial charge in [0.25, 0.3) is 5.91 Å². The van der Waals surface area contributed by atoms with Crippen molar-refractivity contribution in [1.82, 2.24) is 14.9 Å². The van der Waals surface area contributed by atoms with Crippen molar-refractivity contribution >= 4 is 23.2 Å². The van der Waals surface area contributed by atoms with E-state index in [4.69, 9.17) is 0 Å². The van der Waals surface area contributed by atoms with Crippen LogP contribution in [0.5, 0.6) is 0 Å². The number of aliphatic hydroxyl groups is 1. The van der Waals surface area contributed by atoms with E-state index < -0.39 is 5.91 Å². The van der Waals surface area contributed by atoms with Crippen molar-refractivity contribution in [2.45, 2.75) is 52.7 Å². The number of carbonyl (C=O) groups is 2. The molecule has 0 fully saturated rings. The third kappa shape index (κ3) is 6.24. The highest BCUT2D eigenvalue weighted by Gasteiger charge is 2.16. The summed E-state index contributed by atoms with van der Waals surface area (Å²) in [6, 6.07) is 11.7. The molecule has 2 heterocycles. The number of rotatable bonds is 7. The Kier molecular flexibility index (Phi) is 7.94. The molecule has 0 aliphatic heterocycles. The summed E-state index contributed by atoms with van der Waals surface area (Å²) in [6.45, 7) is 8.82. The van der Waals surface area contributed by atoms with Gasteiger partial charge in [-0.25, -0.2) is 0 Å². The second kappa shape index (κ2) is 10.7. The summed E-state index contributed by atoms with van der Waals surface area (Å²) in [5, 5.41) is 14.3. The Balaban J connectivity index is 2.00. The van der Waals surface area contributed by atoms with Gasteiger partial charge < -0.3 is 15.0 Å². The van der Waals surface area contributed by atoms with Gasteiger partial charge in [0, 0.05) is 31.6 Å². The van der Waals surface area contributed by atoms with Gasteiger partial charge in [0.2, 0.25) is 5.91 Å². The Morgan fingerprint density at radius 2 is 1.91 bits per heavy atom. The van der Waals surface area contributed by atoms with E-state index in [-0.39, 0.29) is 23.5 Å². The van der Waals surface area contributed by atoms with E-state index in [9.17, 15) is 14.7 Å². The number of thiazole rings is 1. The van der Waals surface area contributed by atoms with Crippen molar-refractivity contribution in [3.63, 3.8) is 0 Å². The molecular formula is C25H30N4O3S. The second-order valence-corrected chi connectivity index (χ2v) is 9.63. The number of hydrogen-bond acceptors (Lipinski definition) is 5. The number of pyridine rings is 1. The van der Waals surface area contributed by atoms with Crippen LogP contribution in [-0.2, 0) is 23.4 Å². The minimum absolute atomic E-state index is 0.0581. The molecule has 0 radical (unpaired) electrons. The van der Waals surface area contributed by atoms with Crippen LogP contribution >= 0.6 is 11.3 Å². The smallest absolute Gasteiger partial charge is 0.281 e. The Labute approximate surface area is 197 Å². The van der Waals surface area contributed by atoms with Crippen LogP contribution in [0, 0.1) is 0 Å². The van der Waals surface area contributed by atoms with Crippen LogP contribution in [-0.4, -0.2) is 33.0 Å². The van der Waals surface area contributed by atoms with E-state index in [1.54, 1.807) is 12.1 Å². The number of carbonyl (C=O) groups excluding carboxylic acids is 2. The molecule has 7 nitrogen and oxygen atoms in total. The molecule has 0 aliphatic carbocycles. The molecule has 0 aliphatic rings. The maximum absolute atomic E-state index is 12.9. The largest absolute Gasteiger partial charge is 0.390 e. The highest BCUT2D eigenvalue weighted by atomic mass is 32.1. The molecule has 0 bridgehead atoms. The second-order valence-electron chi connectivity index (χ2n) is 8.79. The number of amides is 2. The number of hydrogen-bond donors (Lipinski definition) is 2. The van der Waals surface area contributed by atoms with E-state index in [1.165, 1.54) is 30.0 Å². The maximum Gasteiger partial charge on any atom is 0.281 e. The number of nitrogens with zero attached hydrogens (tertiary/aromatic N) is 3. The molecule has 8 heteroatoms. The van der Waals surface area contributed by atoms with E-state index in [0.717, 1.165) is 11.3 Å². The third-order valence-electron chi connectivity index (χ3n) is 5.24. The fourth-order valence-electron chi connectivity index (χ4n) is 3.41. The molecule has 0 atom stereocenters. The van der Waals surface area contributed by atoms with Gasteiger partial charge in [-0.3, -0.25) is 14.6 Å². The standard InChI is InChI=1S/C25H30N4O3S/c1-17(31)26-13-6-14-29-22(18-8-10-19(11-9-18)25(2,3)4)16-33-24(29)28-23(32)20-7-5-12-27-21(20)15-30/h5,7-12,16,30H,6,13-15H2,1-4H3,(H,26,31). The van der Waals surface area contributed by atoms with E-state index in [0.29, 0.717) is 30.0 Å². The highest BCUT2D eigenvalue weighted by molar-refractivity contribution is 7.07. The first-order chi connectivity index (χ1) is 15.7. The topological polar surface area (TPSA) is 96.6 Å². The van der Waals surface area contributed by atoms with Gasteiger partial charge in [-0.05, 0) is 35.1 Å². The molecule has 174 valence electrons. The van der Waals surface area contributed by atoms with Crippen LogP contribution in [0.4, 0.5) is 0 Å². The molecular weight excluding hydrogens is 436 g/mol. The fourth-order valence-corrected chi connectivity index (χ4v) is 4.35. The van der Waals surface area contributed by atoms with Gasteiger partial charge in [0.05, 0.1) is 23.6 Å². The van der Waals surface area contributed by atoms with E-state index in [1.807, 2.05) is 9.95 Å². The van der Waals surface area contributed by atoms with Crippen LogP contribution in [0.2, 0.25) is 0 Å². The quantitative estimate of drug-likeness (QED) is 0.519. The van der Waals surface area contributed by atoms with Gasteiger partial charge in [0.15, 0.2) is 4.80 Å². The summed E-state index contributed by atoms with van der Waals surface area (Å²) < 4.78 is 2.01.